The molecule has 0 radical (unpaired) electrons. The summed E-state index contributed by atoms with van der Waals surface area (Å²) >= 11 is 3.36. The Hall–Kier alpha value is -0.460. The maximum absolute atomic E-state index is 12.4. The first-order valence-electron chi connectivity index (χ1n) is 6.60. The second-order valence-corrected chi connectivity index (χ2v) is 6.04. The highest BCUT2D eigenvalue weighted by atomic mass is 79.9. The monoisotopic (exact) mass is 387 g/mol. The Labute approximate surface area is 137 Å². The second-order valence-electron chi connectivity index (χ2n) is 5.13. The van der Waals surface area contributed by atoms with Crippen molar-refractivity contribution in [2.75, 3.05) is 26.2 Å². The van der Waals surface area contributed by atoms with Crippen LogP contribution in [0.15, 0.2) is 28.7 Å². The zero-order chi connectivity index (χ0) is 14.6. The van der Waals surface area contributed by atoms with Gasteiger partial charge in [0, 0.05) is 16.9 Å². The molecule has 0 N–H and O–H groups in total. The molecular weight excluding hydrogens is 371 g/mol. The molecule has 0 unspecified atom stereocenters. The van der Waals surface area contributed by atoms with Crippen molar-refractivity contribution in [3.05, 3.63) is 28.7 Å². The smallest absolute Gasteiger partial charge is 0.401 e. The first-order valence-corrected chi connectivity index (χ1v) is 7.39. The fourth-order valence-corrected chi connectivity index (χ4v) is 2.83. The molecule has 1 aromatic rings. The van der Waals surface area contributed by atoms with Gasteiger partial charge in [-0.05, 0) is 37.6 Å². The second kappa shape index (κ2) is 8.25. The van der Waals surface area contributed by atoms with Crippen LogP contribution in [0.25, 0.3) is 0 Å². The fraction of sp³-hybridized carbons (Fsp3) is 0.571. The fourth-order valence-electron chi connectivity index (χ4n) is 2.46. The van der Waals surface area contributed by atoms with E-state index in [9.17, 15) is 13.2 Å². The van der Waals surface area contributed by atoms with Crippen molar-refractivity contribution in [2.24, 2.45) is 5.92 Å². The van der Waals surface area contributed by atoms with E-state index in [1.165, 1.54) is 4.90 Å². The highest BCUT2D eigenvalue weighted by Crippen LogP contribution is 2.24. The minimum absolute atomic E-state index is 0. The van der Waals surface area contributed by atoms with E-state index in [0.717, 1.165) is 23.1 Å². The molecule has 0 saturated carbocycles. The average Bonchev–Trinajstić information content (AvgIpc) is 2.35. The summed E-state index contributed by atoms with van der Waals surface area (Å²) in [5, 5.41) is 0. The quantitative estimate of drug-likeness (QED) is 0.752. The summed E-state index contributed by atoms with van der Waals surface area (Å²) in [6.07, 6.45) is -2.40. The Morgan fingerprint density at radius 1 is 1.33 bits per heavy atom. The van der Waals surface area contributed by atoms with E-state index in [-0.39, 0.29) is 18.3 Å². The summed E-state index contributed by atoms with van der Waals surface area (Å²) in [5.41, 5.74) is 0. The highest BCUT2D eigenvalue weighted by Gasteiger charge is 2.33. The lowest BCUT2D eigenvalue weighted by molar-refractivity contribution is -0.149. The number of hydrogen-bond acceptors (Lipinski definition) is 2. The summed E-state index contributed by atoms with van der Waals surface area (Å²) in [4.78, 5) is 1.47. The molecule has 1 heterocycles. The number of ether oxygens (including phenoxy) is 1. The van der Waals surface area contributed by atoms with E-state index in [2.05, 4.69) is 15.9 Å². The Morgan fingerprint density at radius 2 is 2.10 bits per heavy atom. The van der Waals surface area contributed by atoms with Crippen LogP contribution in [0.5, 0.6) is 5.75 Å². The Bertz CT molecular complexity index is 444. The molecule has 1 aromatic carbocycles. The van der Waals surface area contributed by atoms with Gasteiger partial charge in [0.05, 0.1) is 13.2 Å². The molecule has 2 nitrogen and oxygen atoms in total. The number of piperidine rings is 1. The number of halogens is 5. The van der Waals surface area contributed by atoms with Gasteiger partial charge in [-0.3, -0.25) is 4.90 Å². The molecule has 0 aliphatic carbocycles. The number of alkyl halides is 3. The summed E-state index contributed by atoms with van der Waals surface area (Å²) in [5.74, 6) is 0.900. The molecular formula is C14H18BrClF3NO. The number of benzene rings is 1. The predicted molar refractivity (Wildman–Crippen MR) is 82.1 cm³/mol. The summed E-state index contributed by atoms with van der Waals surface area (Å²) in [7, 11) is 0. The number of nitrogens with zero attached hydrogens (tertiary/aromatic N) is 1. The molecule has 21 heavy (non-hydrogen) atoms. The van der Waals surface area contributed by atoms with Crippen LogP contribution >= 0.6 is 28.3 Å². The summed E-state index contributed by atoms with van der Waals surface area (Å²) in [6, 6.07) is 7.48. The van der Waals surface area contributed by atoms with Crippen molar-refractivity contribution in [2.45, 2.75) is 19.0 Å². The van der Waals surface area contributed by atoms with Gasteiger partial charge in [-0.1, -0.05) is 22.0 Å². The van der Waals surface area contributed by atoms with Crippen molar-refractivity contribution in [1.29, 1.82) is 0 Å². The van der Waals surface area contributed by atoms with Gasteiger partial charge in [-0.15, -0.1) is 12.4 Å². The lowest BCUT2D eigenvalue weighted by Crippen LogP contribution is -2.42. The lowest BCUT2D eigenvalue weighted by Gasteiger charge is -2.32. The first-order chi connectivity index (χ1) is 9.42. The van der Waals surface area contributed by atoms with Crippen molar-refractivity contribution >= 4 is 28.3 Å². The number of likely N-dealkylation sites (tertiary alicyclic amines) is 1. The van der Waals surface area contributed by atoms with Crippen LogP contribution in [0, 0.1) is 5.92 Å². The molecule has 120 valence electrons. The van der Waals surface area contributed by atoms with E-state index >= 15 is 0 Å². The standard InChI is InChI=1S/C14H17BrF3NO.ClH/c15-12-4-1-5-13(7-12)20-9-11-3-2-6-19(8-11)10-14(16,17)18;/h1,4-5,7,11H,2-3,6,8-10H2;1H/t11-;/m1./s1. The van der Waals surface area contributed by atoms with Crippen LogP contribution in [-0.4, -0.2) is 37.3 Å². The Kier molecular flexibility index (Phi) is 7.30. The van der Waals surface area contributed by atoms with Gasteiger partial charge in [0.1, 0.15) is 5.75 Å². The van der Waals surface area contributed by atoms with E-state index in [0.29, 0.717) is 19.7 Å². The SMILES string of the molecule is Cl.FC(F)(F)CN1CCC[C@@H](COc2cccc(Br)c2)C1. The topological polar surface area (TPSA) is 12.5 Å². The normalized spacial score (nSPS) is 19.9. The third-order valence-corrected chi connectivity index (χ3v) is 3.78. The molecule has 7 heteroatoms. The van der Waals surface area contributed by atoms with Gasteiger partial charge in [-0.25, -0.2) is 0 Å². The third-order valence-electron chi connectivity index (χ3n) is 3.29. The molecule has 1 saturated heterocycles. The minimum atomic E-state index is -4.12. The summed E-state index contributed by atoms with van der Waals surface area (Å²) in [6.45, 7) is 0.617. The van der Waals surface area contributed by atoms with Gasteiger partial charge in [0.2, 0.25) is 0 Å². The first kappa shape index (κ1) is 18.6. The van der Waals surface area contributed by atoms with Crippen LogP contribution in [0.2, 0.25) is 0 Å². The van der Waals surface area contributed by atoms with Crippen molar-refractivity contribution in [3.8, 4) is 5.75 Å². The van der Waals surface area contributed by atoms with E-state index in [1.54, 1.807) is 0 Å². The van der Waals surface area contributed by atoms with Gasteiger partial charge in [0.15, 0.2) is 0 Å². The van der Waals surface area contributed by atoms with Gasteiger partial charge in [0.25, 0.3) is 0 Å². The molecule has 0 spiro atoms. The number of hydrogen-bond donors (Lipinski definition) is 0. The van der Waals surface area contributed by atoms with E-state index in [4.69, 9.17) is 4.74 Å². The predicted octanol–water partition coefficient (Wildman–Crippen LogP) is 4.52. The molecule has 1 fully saturated rings. The van der Waals surface area contributed by atoms with Crippen molar-refractivity contribution < 1.29 is 17.9 Å². The third kappa shape index (κ3) is 6.89. The maximum Gasteiger partial charge on any atom is 0.401 e. The molecule has 0 bridgehead atoms. The molecule has 2 rings (SSSR count). The van der Waals surface area contributed by atoms with Crippen LogP contribution in [-0.2, 0) is 0 Å². The zero-order valence-electron chi connectivity index (χ0n) is 11.4. The largest absolute Gasteiger partial charge is 0.493 e. The molecule has 0 amide bonds. The Balaban J connectivity index is 0.00000220. The minimum Gasteiger partial charge on any atom is -0.493 e. The molecule has 1 aliphatic rings. The maximum atomic E-state index is 12.4. The Morgan fingerprint density at radius 3 is 2.76 bits per heavy atom. The molecule has 0 aromatic heterocycles. The van der Waals surface area contributed by atoms with Crippen LogP contribution in [0.4, 0.5) is 13.2 Å². The number of rotatable bonds is 4. The van der Waals surface area contributed by atoms with Gasteiger partial charge >= 0.3 is 6.18 Å². The van der Waals surface area contributed by atoms with Crippen molar-refractivity contribution in [1.82, 2.24) is 4.90 Å². The average molecular weight is 389 g/mol. The lowest BCUT2D eigenvalue weighted by atomic mass is 9.99. The van der Waals surface area contributed by atoms with E-state index < -0.39 is 12.7 Å². The van der Waals surface area contributed by atoms with Crippen LogP contribution in [0.1, 0.15) is 12.8 Å². The van der Waals surface area contributed by atoms with Crippen LogP contribution < -0.4 is 4.74 Å². The molecule has 1 atom stereocenters. The van der Waals surface area contributed by atoms with Gasteiger partial charge in [-0.2, -0.15) is 13.2 Å². The van der Waals surface area contributed by atoms with Gasteiger partial charge < -0.3 is 4.74 Å². The summed E-state index contributed by atoms with van der Waals surface area (Å²) < 4.78 is 43.7. The van der Waals surface area contributed by atoms with E-state index in [1.807, 2.05) is 24.3 Å². The van der Waals surface area contributed by atoms with Crippen LogP contribution in [0.3, 0.4) is 0 Å². The van der Waals surface area contributed by atoms with Crippen molar-refractivity contribution in [3.63, 3.8) is 0 Å². The zero-order valence-corrected chi connectivity index (χ0v) is 13.8. The highest BCUT2D eigenvalue weighted by molar-refractivity contribution is 9.10. The molecule has 1 aliphatic heterocycles.